The largest absolute Gasteiger partial charge is 0.494 e. The number of benzene rings is 2. The van der Waals surface area contributed by atoms with Crippen LogP contribution in [0, 0.1) is 6.92 Å². The number of nitrogens with zero attached hydrogens (tertiary/aromatic N) is 3. The van der Waals surface area contributed by atoms with Crippen LogP contribution >= 0.6 is 0 Å². The molecule has 3 aromatic rings. The van der Waals surface area contributed by atoms with E-state index in [2.05, 4.69) is 20.6 Å². The molecule has 0 aliphatic carbocycles. The molecule has 2 aromatic carbocycles. The second-order valence-electron chi connectivity index (χ2n) is 5.15. The molecule has 0 unspecified atom stereocenters. The van der Waals surface area contributed by atoms with Gasteiger partial charge in [-0.2, -0.15) is 0 Å². The summed E-state index contributed by atoms with van der Waals surface area (Å²) in [5, 5.41) is 0. The second kappa shape index (κ2) is 6.02. The minimum absolute atomic E-state index is 0.678. The van der Waals surface area contributed by atoms with Crippen LogP contribution in [-0.2, 0) is 7.05 Å². The van der Waals surface area contributed by atoms with Crippen molar-refractivity contribution in [2.45, 2.75) is 13.8 Å². The number of aryl methyl sites for hydroxylation is 2. The van der Waals surface area contributed by atoms with Gasteiger partial charge in [-0.1, -0.05) is 0 Å². The summed E-state index contributed by atoms with van der Waals surface area (Å²) in [6, 6.07) is 14.0. The molecule has 0 bridgehead atoms. The first-order valence-electron chi connectivity index (χ1n) is 7.37. The van der Waals surface area contributed by atoms with Crippen LogP contribution in [0.4, 0.5) is 5.69 Å². The molecule has 0 aliphatic rings. The maximum absolute atomic E-state index is 5.43. The van der Waals surface area contributed by atoms with Crippen LogP contribution in [0.15, 0.2) is 47.5 Å². The molecule has 3 rings (SSSR count). The van der Waals surface area contributed by atoms with Crippen molar-refractivity contribution in [3.63, 3.8) is 0 Å². The van der Waals surface area contributed by atoms with E-state index in [0.29, 0.717) is 6.61 Å². The van der Waals surface area contributed by atoms with E-state index in [4.69, 9.17) is 4.74 Å². The van der Waals surface area contributed by atoms with Crippen LogP contribution in [0.5, 0.6) is 5.75 Å². The van der Waals surface area contributed by atoms with Gasteiger partial charge in [0.2, 0.25) is 0 Å². The molecule has 112 valence electrons. The Morgan fingerprint density at radius 3 is 2.68 bits per heavy atom. The Hall–Kier alpha value is -2.62. The SMILES string of the molecule is CCOc1ccc(C=Nc2ccc3c(c2)nc(C)n3C)cc1. The molecule has 1 heterocycles. The minimum atomic E-state index is 0.678. The average molecular weight is 293 g/mol. The number of hydrogen-bond donors (Lipinski definition) is 0. The lowest BCUT2D eigenvalue weighted by atomic mass is 10.2. The highest BCUT2D eigenvalue weighted by atomic mass is 16.5. The quantitative estimate of drug-likeness (QED) is 0.681. The average Bonchev–Trinajstić information content (AvgIpc) is 2.81. The summed E-state index contributed by atoms with van der Waals surface area (Å²) in [7, 11) is 2.02. The first-order valence-corrected chi connectivity index (χ1v) is 7.37. The van der Waals surface area contributed by atoms with E-state index in [1.54, 1.807) is 0 Å². The third kappa shape index (κ3) is 2.86. The van der Waals surface area contributed by atoms with Crippen LogP contribution in [0.25, 0.3) is 11.0 Å². The Kier molecular flexibility index (Phi) is 3.92. The maximum atomic E-state index is 5.43. The van der Waals surface area contributed by atoms with Gasteiger partial charge in [0.15, 0.2) is 0 Å². The summed E-state index contributed by atoms with van der Waals surface area (Å²) in [6.07, 6.45) is 1.85. The summed E-state index contributed by atoms with van der Waals surface area (Å²) in [4.78, 5) is 9.06. The minimum Gasteiger partial charge on any atom is -0.494 e. The van der Waals surface area contributed by atoms with E-state index in [1.807, 2.05) is 63.5 Å². The van der Waals surface area contributed by atoms with E-state index in [9.17, 15) is 0 Å². The molecule has 0 spiro atoms. The lowest BCUT2D eigenvalue weighted by molar-refractivity contribution is 0.340. The zero-order chi connectivity index (χ0) is 15.5. The Bertz CT molecular complexity index is 816. The number of hydrogen-bond acceptors (Lipinski definition) is 3. The van der Waals surface area contributed by atoms with Crippen molar-refractivity contribution in [2.24, 2.45) is 12.0 Å². The summed E-state index contributed by atoms with van der Waals surface area (Å²) in [5.74, 6) is 1.88. The van der Waals surface area contributed by atoms with Gasteiger partial charge in [0.25, 0.3) is 0 Å². The lowest BCUT2D eigenvalue weighted by Gasteiger charge is -2.02. The van der Waals surface area contributed by atoms with Crippen molar-refractivity contribution >= 4 is 22.9 Å². The third-order valence-corrected chi connectivity index (χ3v) is 3.64. The van der Waals surface area contributed by atoms with Gasteiger partial charge in [-0.25, -0.2) is 4.98 Å². The molecule has 0 radical (unpaired) electrons. The molecule has 0 atom stereocenters. The van der Waals surface area contributed by atoms with Gasteiger partial charge >= 0.3 is 0 Å². The number of rotatable bonds is 4. The van der Waals surface area contributed by atoms with Crippen LogP contribution in [0.3, 0.4) is 0 Å². The highest BCUT2D eigenvalue weighted by molar-refractivity contribution is 5.85. The monoisotopic (exact) mass is 293 g/mol. The molecule has 0 amide bonds. The topological polar surface area (TPSA) is 39.4 Å². The summed E-state index contributed by atoms with van der Waals surface area (Å²) in [6.45, 7) is 4.66. The first-order chi connectivity index (χ1) is 10.7. The van der Waals surface area contributed by atoms with Gasteiger partial charge in [-0.15, -0.1) is 0 Å². The number of aliphatic imine (C=N–C) groups is 1. The van der Waals surface area contributed by atoms with E-state index in [-0.39, 0.29) is 0 Å². The van der Waals surface area contributed by atoms with E-state index in [1.165, 1.54) is 0 Å². The predicted octanol–water partition coefficient (Wildman–Crippen LogP) is 4.03. The standard InChI is InChI=1S/C18H19N3O/c1-4-22-16-8-5-14(6-9-16)12-19-15-7-10-18-17(11-15)20-13(2)21(18)3/h5-12H,4H2,1-3H3. The van der Waals surface area contributed by atoms with E-state index < -0.39 is 0 Å². The summed E-state index contributed by atoms with van der Waals surface area (Å²) in [5.41, 5.74) is 4.04. The molecule has 0 aliphatic heterocycles. The fourth-order valence-electron chi connectivity index (χ4n) is 2.35. The van der Waals surface area contributed by atoms with Crippen molar-refractivity contribution in [1.82, 2.24) is 9.55 Å². The number of ether oxygens (including phenoxy) is 1. The lowest BCUT2D eigenvalue weighted by Crippen LogP contribution is -1.91. The Balaban J connectivity index is 1.82. The molecule has 1 aromatic heterocycles. The number of imidazole rings is 1. The normalized spacial score (nSPS) is 11.4. The fraction of sp³-hybridized carbons (Fsp3) is 0.222. The van der Waals surface area contributed by atoms with Crippen molar-refractivity contribution in [2.75, 3.05) is 6.61 Å². The van der Waals surface area contributed by atoms with Gasteiger partial charge in [0, 0.05) is 13.3 Å². The molecular weight excluding hydrogens is 274 g/mol. The molecule has 0 fully saturated rings. The molecule has 0 N–H and O–H groups in total. The highest BCUT2D eigenvalue weighted by Crippen LogP contribution is 2.21. The van der Waals surface area contributed by atoms with Crippen molar-refractivity contribution < 1.29 is 4.74 Å². The summed E-state index contributed by atoms with van der Waals surface area (Å²) < 4.78 is 7.51. The molecule has 4 heteroatoms. The van der Waals surface area contributed by atoms with E-state index >= 15 is 0 Å². The third-order valence-electron chi connectivity index (χ3n) is 3.64. The van der Waals surface area contributed by atoms with Crippen molar-refractivity contribution in [3.05, 3.63) is 53.9 Å². The Labute approximate surface area is 130 Å². The van der Waals surface area contributed by atoms with Gasteiger partial charge in [-0.3, -0.25) is 4.99 Å². The Morgan fingerprint density at radius 1 is 1.18 bits per heavy atom. The van der Waals surface area contributed by atoms with Gasteiger partial charge < -0.3 is 9.30 Å². The molecule has 4 nitrogen and oxygen atoms in total. The Morgan fingerprint density at radius 2 is 1.95 bits per heavy atom. The predicted molar refractivity (Wildman–Crippen MR) is 90.3 cm³/mol. The summed E-state index contributed by atoms with van der Waals surface area (Å²) >= 11 is 0. The smallest absolute Gasteiger partial charge is 0.119 e. The van der Waals surface area contributed by atoms with Gasteiger partial charge in [-0.05, 0) is 61.9 Å². The van der Waals surface area contributed by atoms with Crippen LogP contribution in [0.1, 0.15) is 18.3 Å². The van der Waals surface area contributed by atoms with Crippen LogP contribution in [-0.4, -0.2) is 22.4 Å². The molecule has 0 saturated carbocycles. The van der Waals surface area contributed by atoms with Crippen LogP contribution in [0.2, 0.25) is 0 Å². The van der Waals surface area contributed by atoms with Crippen molar-refractivity contribution in [3.8, 4) is 5.75 Å². The zero-order valence-electron chi connectivity index (χ0n) is 13.1. The highest BCUT2D eigenvalue weighted by Gasteiger charge is 2.03. The second-order valence-corrected chi connectivity index (χ2v) is 5.15. The first kappa shape index (κ1) is 14.3. The van der Waals surface area contributed by atoms with E-state index in [0.717, 1.165) is 33.9 Å². The molecule has 22 heavy (non-hydrogen) atoms. The number of aromatic nitrogens is 2. The maximum Gasteiger partial charge on any atom is 0.119 e. The number of fused-ring (bicyclic) bond motifs is 1. The molecule has 0 saturated heterocycles. The van der Waals surface area contributed by atoms with Crippen LogP contribution < -0.4 is 4.74 Å². The zero-order valence-corrected chi connectivity index (χ0v) is 13.1. The van der Waals surface area contributed by atoms with Gasteiger partial charge in [0.1, 0.15) is 11.6 Å². The van der Waals surface area contributed by atoms with Crippen molar-refractivity contribution in [1.29, 1.82) is 0 Å². The molecular formula is C18H19N3O. The van der Waals surface area contributed by atoms with Gasteiger partial charge in [0.05, 0.1) is 23.3 Å². The fourth-order valence-corrected chi connectivity index (χ4v) is 2.35.